The van der Waals surface area contributed by atoms with Crippen LogP contribution in [0.5, 0.6) is 11.5 Å². The predicted molar refractivity (Wildman–Crippen MR) is 147 cm³/mol. The molecule has 0 bridgehead atoms. The van der Waals surface area contributed by atoms with Crippen molar-refractivity contribution in [1.82, 2.24) is 5.32 Å². The summed E-state index contributed by atoms with van der Waals surface area (Å²) in [4.78, 5) is 11.3. The standard InChI is InChI=1S/C16H21NO2.C13H13NO.HI/c1-2-15(18)17-9-7-12-4-3-11-5-6-14-13(16(11)12)8-10-19-14;14-7-5-10-2-1-9-3-4-12-11(13(9)10)6-8-15-12;/h5-6,12H,2-4,7-10H2,1H3,(H,17,18);3-4,10H,1-2,5-6,8H2;1H/t12-;10-;/m00./s1. The fraction of sp³-hybridized carbons (Fsp3) is 0.517. The number of nitriles is 1. The van der Waals surface area contributed by atoms with Crippen molar-refractivity contribution in [3.8, 4) is 17.6 Å². The first kappa shape index (κ1) is 25.8. The van der Waals surface area contributed by atoms with Gasteiger partial charge in [0.05, 0.1) is 19.3 Å². The van der Waals surface area contributed by atoms with E-state index in [1.165, 1.54) is 46.2 Å². The number of hydrogen-bond acceptors (Lipinski definition) is 4. The summed E-state index contributed by atoms with van der Waals surface area (Å²) in [6.45, 7) is 4.32. The maximum absolute atomic E-state index is 11.3. The normalized spacial score (nSPS) is 20.0. The van der Waals surface area contributed by atoms with Gasteiger partial charge in [-0.3, -0.25) is 4.79 Å². The third-order valence-electron chi connectivity index (χ3n) is 7.84. The SMILES string of the molecule is CCC(=O)NCC[C@@H]1CCc2ccc3c(c21)CCO3.I.N#CC[C@@H]1CCc2ccc3c(c21)CCO3. The van der Waals surface area contributed by atoms with E-state index in [2.05, 4.69) is 35.7 Å². The number of halogens is 1. The van der Waals surface area contributed by atoms with Crippen LogP contribution in [0, 0.1) is 11.3 Å². The van der Waals surface area contributed by atoms with Crippen LogP contribution in [0.2, 0.25) is 0 Å². The molecular weight excluding hydrogens is 551 g/mol. The van der Waals surface area contributed by atoms with Crippen LogP contribution in [0.25, 0.3) is 0 Å². The molecule has 2 aliphatic heterocycles. The second-order valence-corrected chi connectivity index (χ2v) is 9.75. The quantitative estimate of drug-likeness (QED) is 0.453. The van der Waals surface area contributed by atoms with Gasteiger partial charge < -0.3 is 14.8 Å². The van der Waals surface area contributed by atoms with Gasteiger partial charge in [0.2, 0.25) is 5.91 Å². The van der Waals surface area contributed by atoms with Crippen molar-refractivity contribution < 1.29 is 14.3 Å². The third kappa shape index (κ3) is 5.30. The zero-order valence-electron chi connectivity index (χ0n) is 20.5. The molecule has 2 aliphatic carbocycles. The van der Waals surface area contributed by atoms with Crippen molar-refractivity contribution in [2.45, 2.75) is 76.5 Å². The van der Waals surface area contributed by atoms with Crippen molar-refractivity contribution >= 4 is 29.9 Å². The van der Waals surface area contributed by atoms with Crippen LogP contribution in [-0.2, 0) is 30.5 Å². The minimum absolute atomic E-state index is 0. The van der Waals surface area contributed by atoms with E-state index in [0.717, 1.165) is 63.4 Å². The number of ether oxygens (including phenoxy) is 2. The summed E-state index contributed by atoms with van der Waals surface area (Å²) >= 11 is 0. The van der Waals surface area contributed by atoms with Crippen LogP contribution in [0.3, 0.4) is 0 Å². The highest BCUT2D eigenvalue weighted by Crippen LogP contribution is 2.44. The highest BCUT2D eigenvalue weighted by atomic mass is 127. The lowest BCUT2D eigenvalue weighted by Gasteiger charge is -2.15. The molecule has 0 fully saturated rings. The summed E-state index contributed by atoms with van der Waals surface area (Å²) < 4.78 is 11.2. The van der Waals surface area contributed by atoms with Crippen LogP contribution in [0.1, 0.15) is 84.2 Å². The number of benzene rings is 2. The lowest BCUT2D eigenvalue weighted by atomic mass is 9.92. The Morgan fingerprint density at radius 1 is 0.943 bits per heavy atom. The Hall–Kier alpha value is -2.27. The van der Waals surface area contributed by atoms with Gasteiger partial charge in [0.25, 0.3) is 0 Å². The maximum Gasteiger partial charge on any atom is 0.219 e. The summed E-state index contributed by atoms with van der Waals surface area (Å²) in [5.41, 5.74) is 8.72. The largest absolute Gasteiger partial charge is 0.493 e. The second-order valence-electron chi connectivity index (χ2n) is 9.75. The zero-order valence-corrected chi connectivity index (χ0v) is 22.9. The van der Waals surface area contributed by atoms with Gasteiger partial charge in [-0.1, -0.05) is 19.1 Å². The Labute approximate surface area is 225 Å². The van der Waals surface area contributed by atoms with Gasteiger partial charge in [-0.2, -0.15) is 5.26 Å². The molecule has 186 valence electrons. The van der Waals surface area contributed by atoms with Gasteiger partial charge in [-0.15, -0.1) is 24.0 Å². The Kier molecular flexibility index (Phi) is 8.59. The van der Waals surface area contributed by atoms with E-state index in [0.29, 0.717) is 24.7 Å². The Bertz CT molecular complexity index is 1120. The molecule has 1 amide bonds. The van der Waals surface area contributed by atoms with Crippen LogP contribution in [0.4, 0.5) is 0 Å². The van der Waals surface area contributed by atoms with E-state index in [-0.39, 0.29) is 29.9 Å². The number of aryl methyl sites for hydroxylation is 2. The second kappa shape index (κ2) is 11.6. The molecule has 2 heterocycles. The predicted octanol–water partition coefficient (Wildman–Crippen LogP) is 5.75. The summed E-state index contributed by atoms with van der Waals surface area (Å²) in [7, 11) is 0. The molecule has 0 aromatic heterocycles. The Morgan fingerprint density at radius 3 is 2.09 bits per heavy atom. The van der Waals surface area contributed by atoms with E-state index in [1.54, 1.807) is 0 Å². The van der Waals surface area contributed by atoms with Gasteiger partial charge in [-0.25, -0.2) is 0 Å². The summed E-state index contributed by atoms with van der Waals surface area (Å²) in [5.74, 6) is 3.35. The van der Waals surface area contributed by atoms with Crippen LogP contribution < -0.4 is 14.8 Å². The lowest BCUT2D eigenvalue weighted by molar-refractivity contribution is -0.120. The summed E-state index contributed by atoms with van der Waals surface area (Å²) in [6, 6.07) is 10.9. The summed E-state index contributed by atoms with van der Waals surface area (Å²) in [5, 5.41) is 11.8. The topological polar surface area (TPSA) is 71.3 Å². The number of rotatable bonds is 5. The number of nitrogens with one attached hydrogen (secondary N) is 1. The van der Waals surface area contributed by atoms with Gasteiger partial charge in [0.1, 0.15) is 11.5 Å². The first-order valence-corrected chi connectivity index (χ1v) is 12.9. The van der Waals surface area contributed by atoms with E-state index in [4.69, 9.17) is 14.7 Å². The first-order chi connectivity index (χ1) is 16.7. The van der Waals surface area contributed by atoms with Crippen molar-refractivity contribution in [3.63, 3.8) is 0 Å². The number of carbonyl (C=O) groups is 1. The number of hydrogen-bond donors (Lipinski definition) is 1. The smallest absolute Gasteiger partial charge is 0.219 e. The fourth-order valence-electron chi connectivity index (χ4n) is 6.21. The maximum atomic E-state index is 11.3. The number of fused-ring (bicyclic) bond motifs is 6. The number of nitrogens with zero attached hydrogens (tertiary/aromatic N) is 1. The van der Waals surface area contributed by atoms with Crippen LogP contribution in [-0.4, -0.2) is 25.7 Å². The monoisotopic (exact) mass is 586 g/mol. The molecule has 0 saturated carbocycles. The molecule has 0 saturated heterocycles. The molecule has 2 aromatic rings. The Morgan fingerprint density at radius 2 is 1.51 bits per heavy atom. The van der Waals surface area contributed by atoms with Gasteiger partial charge in [-0.05, 0) is 78.3 Å². The number of carbonyl (C=O) groups excluding carboxylic acids is 1. The number of amides is 1. The lowest BCUT2D eigenvalue weighted by Crippen LogP contribution is -2.24. The van der Waals surface area contributed by atoms with Crippen molar-refractivity contribution in [2.75, 3.05) is 19.8 Å². The van der Waals surface area contributed by atoms with E-state index in [9.17, 15) is 4.79 Å². The first-order valence-electron chi connectivity index (χ1n) is 12.9. The van der Waals surface area contributed by atoms with Crippen LogP contribution in [0.15, 0.2) is 24.3 Å². The molecule has 1 N–H and O–H groups in total. The van der Waals surface area contributed by atoms with Gasteiger partial charge in [0, 0.05) is 43.4 Å². The van der Waals surface area contributed by atoms with Gasteiger partial charge in [0.15, 0.2) is 0 Å². The molecule has 0 unspecified atom stereocenters. The van der Waals surface area contributed by atoms with Gasteiger partial charge >= 0.3 is 0 Å². The van der Waals surface area contributed by atoms with Crippen molar-refractivity contribution in [2.24, 2.45) is 0 Å². The average Bonchev–Trinajstić information content (AvgIpc) is 3.64. The molecule has 0 spiro atoms. The molecule has 4 aliphatic rings. The minimum Gasteiger partial charge on any atom is -0.493 e. The molecular formula is C29H35IN2O3. The van der Waals surface area contributed by atoms with E-state index < -0.39 is 0 Å². The molecule has 35 heavy (non-hydrogen) atoms. The highest BCUT2D eigenvalue weighted by molar-refractivity contribution is 14.0. The Balaban J connectivity index is 0.000000164. The third-order valence-corrected chi connectivity index (χ3v) is 7.84. The highest BCUT2D eigenvalue weighted by Gasteiger charge is 2.30. The molecule has 6 heteroatoms. The zero-order chi connectivity index (χ0) is 23.5. The fourth-order valence-corrected chi connectivity index (χ4v) is 6.21. The van der Waals surface area contributed by atoms with Crippen molar-refractivity contribution in [1.29, 1.82) is 5.26 Å². The average molecular weight is 587 g/mol. The molecule has 5 nitrogen and oxygen atoms in total. The molecule has 6 rings (SSSR count). The van der Waals surface area contributed by atoms with E-state index >= 15 is 0 Å². The minimum atomic E-state index is 0. The molecule has 0 radical (unpaired) electrons. The van der Waals surface area contributed by atoms with Crippen molar-refractivity contribution in [3.05, 3.63) is 57.6 Å². The molecule has 2 aromatic carbocycles. The molecule has 2 atom stereocenters. The van der Waals surface area contributed by atoms with E-state index in [1.807, 2.05) is 6.92 Å². The summed E-state index contributed by atoms with van der Waals surface area (Å²) in [6.07, 6.45) is 9.02. The van der Waals surface area contributed by atoms with Crippen LogP contribution >= 0.6 is 24.0 Å².